The molecule has 3 aromatic rings. The molecule has 0 amide bonds. The van der Waals surface area contributed by atoms with Crippen LogP contribution in [-0.2, 0) is 42.9 Å². The van der Waals surface area contributed by atoms with E-state index >= 15 is 0 Å². The van der Waals surface area contributed by atoms with Gasteiger partial charge in [0.05, 0.1) is 45.2 Å². The minimum absolute atomic E-state index is 0.124. The number of esters is 6. The predicted molar refractivity (Wildman–Crippen MR) is 271 cm³/mol. The average Bonchev–Trinajstić information content (AvgIpc) is 3.34. The Morgan fingerprint density at radius 3 is 1.30 bits per heavy atom. The Balaban J connectivity index is 1.33. The van der Waals surface area contributed by atoms with Crippen molar-refractivity contribution >= 4 is 41.9 Å². The topological polar surface area (TPSA) is 176 Å². The highest BCUT2D eigenvalue weighted by molar-refractivity contribution is 5.92. The second-order valence-electron chi connectivity index (χ2n) is 17.5. The standard InChI is InChI=1S/C57H70O14/c1-39(2)53(59)66-35-45(36-67-54(60)40(3)4)18-14-10-12-16-32-64-48-25-20-44(21-26-48)22-31-52(58)71-51-30-29-50(34-43(51)9)70-57(63)47-23-27-49(28-24-47)65-33-17-13-11-15-19-46(37-68-55(61)41(5)6)38-69-56(62)42(7)8/h20-31,34,45-46H,1,3,5,7,10-19,32-33,35-38H2,2,4,6,8-9H3/b31-22+. The Labute approximate surface area is 418 Å². The third-order valence-corrected chi connectivity index (χ3v) is 10.7. The highest BCUT2D eigenvalue weighted by Crippen LogP contribution is 2.25. The number of carbonyl (C=O) groups is 6. The lowest BCUT2D eigenvalue weighted by Crippen LogP contribution is -2.21. The minimum Gasteiger partial charge on any atom is -0.494 e. The van der Waals surface area contributed by atoms with Crippen molar-refractivity contribution in [3.05, 3.63) is 138 Å². The lowest BCUT2D eigenvalue weighted by atomic mass is 10.0. The first kappa shape index (κ1) is 58.1. The molecule has 0 bridgehead atoms. The summed E-state index contributed by atoms with van der Waals surface area (Å²) >= 11 is 0. The van der Waals surface area contributed by atoms with Gasteiger partial charge in [0, 0.05) is 40.2 Å². The molecule has 0 atom stereocenters. The van der Waals surface area contributed by atoms with Gasteiger partial charge in [-0.2, -0.15) is 0 Å². The molecule has 0 aliphatic heterocycles. The van der Waals surface area contributed by atoms with Crippen molar-refractivity contribution in [1.82, 2.24) is 0 Å². The zero-order valence-corrected chi connectivity index (χ0v) is 42.0. The number of unbranched alkanes of at least 4 members (excludes halogenated alkanes) is 6. The first-order chi connectivity index (χ1) is 33.9. The van der Waals surface area contributed by atoms with Crippen LogP contribution < -0.4 is 18.9 Å². The van der Waals surface area contributed by atoms with Crippen molar-refractivity contribution in [2.24, 2.45) is 11.8 Å². The molecule has 0 saturated carbocycles. The molecule has 0 radical (unpaired) electrons. The van der Waals surface area contributed by atoms with E-state index in [2.05, 4.69) is 26.3 Å². The molecule has 0 aliphatic carbocycles. The summed E-state index contributed by atoms with van der Waals surface area (Å²) in [6.07, 6.45) is 11.5. The molecular formula is C57H70O14. The van der Waals surface area contributed by atoms with Crippen molar-refractivity contribution in [3.63, 3.8) is 0 Å². The zero-order chi connectivity index (χ0) is 52.1. The molecule has 0 aromatic heterocycles. The molecule has 0 fully saturated rings. The number of benzene rings is 3. The Bertz CT molecular complexity index is 2260. The van der Waals surface area contributed by atoms with E-state index in [1.807, 2.05) is 24.3 Å². The molecular weight excluding hydrogens is 909 g/mol. The Hall–Kier alpha value is -7.22. The van der Waals surface area contributed by atoms with Crippen LogP contribution in [0.1, 0.15) is 113 Å². The van der Waals surface area contributed by atoms with E-state index in [9.17, 15) is 28.8 Å². The maximum atomic E-state index is 12.9. The molecule has 382 valence electrons. The van der Waals surface area contributed by atoms with Crippen LogP contribution in [0.4, 0.5) is 0 Å². The number of ether oxygens (including phenoxy) is 8. The molecule has 0 heterocycles. The van der Waals surface area contributed by atoms with Gasteiger partial charge in [-0.25, -0.2) is 28.8 Å². The molecule has 14 heteroatoms. The molecule has 0 spiro atoms. The molecule has 0 N–H and O–H groups in total. The Morgan fingerprint density at radius 1 is 0.493 bits per heavy atom. The van der Waals surface area contributed by atoms with Gasteiger partial charge in [-0.1, -0.05) is 77.0 Å². The van der Waals surface area contributed by atoms with Crippen LogP contribution in [0, 0.1) is 18.8 Å². The van der Waals surface area contributed by atoms with Gasteiger partial charge in [0.15, 0.2) is 0 Å². The molecule has 71 heavy (non-hydrogen) atoms. The number of hydrogen-bond acceptors (Lipinski definition) is 14. The van der Waals surface area contributed by atoms with Crippen molar-refractivity contribution < 1.29 is 66.7 Å². The summed E-state index contributed by atoms with van der Waals surface area (Å²) < 4.78 is 44.1. The van der Waals surface area contributed by atoms with E-state index in [1.165, 1.54) is 6.08 Å². The lowest BCUT2D eigenvalue weighted by molar-refractivity contribution is -0.146. The smallest absolute Gasteiger partial charge is 0.343 e. The maximum absolute atomic E-state index is 12.9. The summed E-state index contributed by atoms with van der Waals surface area (Å²) in [5.41, 5.74) is 2.96. The van der Waals surface area contributed by atoms with Crippen LogP contribution in [-0.4, -0.2) is 75.5 Å². The van der Waals surface area contributed by atoms with Crippen LogP contribution in [0.15, 0.2) is 121 Å². The van der Waals surface area contributed by atoms with Gasteiger partial charge in [0.25, 0.3) is 0 Å². The fourth-order valence-electron chi connectivity index (χ4n) is 6.49. The third-order valence-electron chi connectivity index (χ3n) is 10.7. The number of rotatable bonds is 33. The first-order valence-corrected chi connectivity index (χ1v) is 23.9. The number of hydrogen-bond donors (Lipinski definition) is 0. The minimum atomic E-state index is -0.572. The molecule has 0 unspecified atom stereocenters. The molecule has 0 saturated heterocycles. The maximum Gasteiger partial charge on any atom is 0.343 e. The number of aryl methyl sites for hydroxylation is 1. The van der Waals surface area contributed by atoms with Crippen LogP contribution in [0.25, 0.3) is 6.08 Å². The van der Waals surface area contributed by atoms with Gasteiger partial charge < -0.3 is 37.9 Å². The summed E-state index contributed by atoms with van der Waals surface area (Å²) in [4.78, 5) is 73.0. The highest BCUT2D eigenvalue weighted by Gasteiger charge is 2.18. The SMILES string of the molecule is C=C(C)C(=O)OCC(CCCCCCOc1ccc(/C=C/C(=O)Oc2ccc(OC(=O)c3ccc(OCCCCCCC(COC(=O)C(=C)C)COC(=O)C(=C)C)cc3)cc2C)cc1)COC(=O)C(=C)C. The normalized spacial score (nSPS) is 10.9. The fraction of sp³-hybridized carbons (Fsp3) is 0.404. The van der Waals surface area contributed by atoms with Gasteiger partial charge in [-0.15, -0.1) is 0 Å². The number of carbonyl (C=O) groups excluding carboxylic acids is 6. The molecule has 3 rings (SSSR count). The first-order valence-electron chi connectivity index (χ1n) is 23.9. The van der Waals surface area contributed by atoms with Gasteiger partial charge in [-0.05, 0) is 132 Å². The van der Waals surface area contributed by atoms with Gasteiger partial charge in [0.2, 0.25) is 0 Å². The second-order valence-corrected chi connectivity index (χ2v) is 17.5. The molecule has 3 aromatic carbocycles. The molecule has 0 aliphatic rings. The van der Waals surface area contributed by atoms with Crippen molar-refractivity contribution in [1.29, 1.82) is 0 Å². The lowest BCUT2D eigenvalue weighted by Gasteiger charge is -2.17. The quantitative estimate of drug-likeness (QED) is 0.0185. The van der Waals surface area contributed by atoms with E-state index in [0.717, 1.165) is 63.4 Å². The second kappa shape index (κ2) is 31.8. The Kier molecular flexibility index (Phi) is 26.0. The van der Waals surface area contributed by atoms with Crippen LogP contribution in [0.2, 0.25) is 0 Å². The zero-order valence-electron chi connectivity index (χ0n) is 42.0. The highest BCUT2D eigenvalue weighted by atomic mass is 16.6. The van der Waals surface area contributed by atoms with E-state index in [1.54, 1.807) is 83.2 Å². The van der Waals surface area contributed by atoms with Crippen LogP contribution in [0.5, 0.6) is 23.0 Å². The largest absolute Gasteiger partial charge is 0.494 e. The van der Waals surface area contributed by atoms with Gasteiger partial charge >= 0.3 is 35.8 Å². The molecule has 14 nitrogen and oxygen atoms in total. The van der Waals surface area contributed by atoms with Crippen LogP contribution >= 0.6 is 0 Å². The summed E-state index contributed by atoms with van der Waals surface area (Å²) in [7, 11) is 0. The van der Waals surface area contributed by atoms with Crippen molar-refractivity contribution in [2.45, 2.75) is 98.8 Å². The van der Waals surface area contributed by atoms with Crippen LogP contribution in [0.3, 0.4) is 0 Å². The summed E-state index contributed by atoms with van der Waals surface area (Å²) in [5.74, 6) is -1.34. The summed E-state index contributed by atoms with van der Waals surface area (Å²) in [6.45, 7) is 24.1. The van der Waals surface area contributed by atoms with Gasteiger partial charge in [-0.3, -0.25) is 0 Å². The summed E-state index contributed by atoms with van der Waals surface area (Å²) in [6, 6.07) is 18.8. The predicted octanol–water partition coefficient (Wildman–Crippen LogP) is 11.2. The average molecular weight is 979 g/mol. The third kappa shape index (κ3) is 23.8. The Morgan fingerprint density at radius 2 is 0.887 bits per heavy atom. The van der Waals surface area contributed by atoms with E-state index in [4.69, 9.17) is 37.9 Å². The van der Waals surface area contributed by atoms with E-state index < -0.39 is 35.8 Å². The summed E-state index contributed by atoms with van der Waals surface area (Å²) in [5, 5.41) is 0. The van der Waals surface area contributed by atoms with E-state index in [-0.39, 0.29) is 38.3 Å². The van der Waals surface area contributed by atoms with Gasteiger partial charge in [0.1, 0.15) is 23.0 Å². The fourth-order valence-corrected chi connectivity index (χ4v) is 6.49. The van der Waals surface area contributed by atoms with E-state index in [0.29, 0.717) is 76.1 Å². The monoisotopic (exact) mass is 978 g/mol. The van der Waals surface area contributed by atoms with Crippen molar-refractivity contribution in [3.8, 4) is 23.0 Å². The van der Waals surface area contributed by atoms with Crippen molar-refractivity contribution in [2.75, 3.05) is 39.6 Å².